The normalized spacial score (nSPS) is 12.4. The van der Waals surface area contributed by atoms with Crippen LogP contribution in [0.25, 0.3) is 11.1 Å². The van der Waals surface area contributed by atoms with Gasteiger partial charge in [-0.05, 0) is 41.1 Å². The van der Waals surface area contributed by atoms with Crippen molar-refractivity contribution in [3.05, 3.63) is 54.5 Å². The summed E-state index contributed by atoms with van der Waals surface area (Å²) in [5, 5.41) is 0.934. The number of benzene rings is 1. The van der Waals surface area contributed by atoms with Crippen LogP contribution in [0.15, 0.2) is 53.9 Å². The molecule has 0 atom stereocenters. The predicted octanol–water partition coefficient (Wildman–Crippen LogP) is 3.42. The van der Waals surface area contributed by atoms with Crippen molar-refractivity contribution in [1.29, 1.82) is 0 Å². The second-order valence-electron chi connectivity index (χ2n) is 7.54. The molecule has 2 aromatic heterocycles. The van der Waals surface area contributed by atoms with E-state index in [0.717, 1.165) is 21.7 Å². The summed E-state index contributed by atoms with van der Waals surface area (Å²) >= 11 is 1.20. The first kappa shape index (κ1) is 21.8. The average Bonchev–Trinajstić information content (AvgIpc) is 3.17. The van der Waals surface area contributed by atoms with E-state index in [2.05, 4.69) is 15.0 Å². The van der Waals surface area contributed by atoms with Gasteiger partial charge in [-0.1, -0.05) is 12.1 Å². The lowest BCUT2D eigenvalue weighted by Gasteiger charge is -2.22. The highest BCUT2D eigenvalue weighted by molar-refractivity contribution is 8.14. The molecule has 4 rings (SSSR count). The first-order chi connectivity index (χ1) is 15.4. The fraction of sp³-hybridized carbons (Fsp3) is 0.261. The van der Waals surface area contributed by atoms with E-state index in [-0.39, 0.29) is 11.0 Å². The number of hydrogen-bond donors (Lipinski definition) is 0. The van der Waals surface area contributed by atoms with E-state index in [9.17, 15) is 9.59 Å². The molecule has 1 aliphatic rings. The lowest BCUT2D eigenvalue weighted by Crippen LogP contribution is -2.33. The molecule has 3 aromatic rings. The van der Waals surface area contributed by atoms with Gasteiger partial charge in [0.05, 0.1) is 12.4 Å². The summed E-state index contributed by atoms with van der Waals surface area (Å²) in [5.41, 5.74) is 2.93. The van der Waals surface area contributed by atoms with E-state index in [4.69, 9.17) is 4.74 Å². The summed E-state index contributed by atoms with van der Waals surface area (Å²) < 4.78 is 5.88. The SMILES string of the molecule is CC(=O)N(C)CCN(C)c1cncc(Oc2ccc(-c3cnc4c(c3)CC(=O)S4)cc2)n1. The highest BCUT2D eigenvalue weighted by Crippen LogP contribution is 2.33. The van der Waals surface area contributed by atoms with Crippen molar-refractivity contribution in [2.75, 3.05) is 32.1 Å². The van der Waals surface area contributed by atoms with Crippen LogP contribution in [-0.2, 0) is 16.0 Å². The maximum atomic E-state index is 11.6. The minimum absolute atomic E-state index is 0.0214. The molecule has 0 fully saturated rings. The number of fused-ring (bicyclic) bond motifs is 1. The van der Waals surface area contributed by atoms with Gasteiger partial charge in [0.25, 0.3) is 0 Å². The Morgan fingerprint density at radius 1 is 1.09 bits per heavy atom. The topological polar surface area (TPSA) is 88.5 Å². The van der Waals surface area contributed by atoms with Gasteiger partial charge in [-0.25, -0.2) is 4.98 Å². The maximum Gasteiger partial charge on any atom is 0.239 e. The molecular formula is C23H23N5O3S. The van der Waals surface area contributed by atoms with Crippen LogP contribution in [0.1, 0.15) is 12.5 Å². The Bertz CT molecular complexity index is 1150. The summed E-state index contributed by atoms with van der Waals surface area (Å²) in [5.74, 6) is 1.71. The molecule has 0 saturated carbocycles. The number of likely N-dealkylation sites (N-methyl/N-ethyl adjacent to an activating group) is 2. The second-order valence-corrected chi connectivity index (χ2v) is 8.59. The van der Waals surface area contributed by atoms with Gasteiger partial charge in [0.1, 0.15) is 10.8 Å². The molecule has 3 heterocycles. The van der Waals surface area contributed by atoms with Crippen LogP contribution in [-0.4, -0.2) is 58.1 Å². The molecule has 32 heavy (non-hydrogen) atoms. The van der Waals surface area contributed by atoms with E-state index in [1.165, 1.54) is 11.8 Å². The van der Waals surface area contributed by atoms with Gasteiger partial charge in [0.2, 0.25) is 11.8 Å². The fourth-order valence-corrected chi connectivity index (χ4v) is 3.96. The third-order valence-electron chi connectivity index (χ3n) is 5.18. The molecule has 1 aromatic carbocycles. The maximum absolute atomic E-state index is 11.6. The van der Waals surface area contributed by atoms with Gasteiger partial charge in [-0.15, -0.1) is 0 Å². The molecule has 1 aliphatic heterocycles. The standard InChI is InChI=1S/C23H23N5O3S/c1-15(29)27(2)8-9-28(3)20-13-24-14-21(26-20)31-19-6-4-16(5-7-19)18-10-17-11-22(30)32-23(17)25-12-18/h4-7,10,12-14H,8-9,11H2,1-3H3. The molecule has 0 unspecified atom stereocenters. The largest absolute Gasteiger partial charge is 0.437 e. The first-order valence-electron chi connectivity index (χ1n) is 10.1. The minimum Gasteiger partial charge on any atom is -0.437 e. The van der Waals surface area contributed by atoms with Crippen molar-refractivity contribution in [2.45, 2.75) is 18.4 Å². The molecule has 0 saturated heterocycles. The molecule has 0 bridgehead atoms. The summed E-state index contributed by atoms with van der Waals surface area (Å²) in [7, 11) is 3.66. The molecule has 1 amide bonds. The highest BCUT2D eigenvalue weighted by atomic mass is 32.2. The Kier molecular flexibility index (Phi) is 6.36. The molecular weight excluding hydrogens is 426 g/mol. The molecule has 0 radical (unpaired) electrons. The highest BCUT2D eigenvalue weighted by Gasteiger charge is 2.21. The van der Waals surface area contributed by atoms with Crippen molar-refractivity contribution in [1.82, 2.24) is 19.9 Å². The summed E-state index contributed by atoms with van der Waals surface area (Å²) in [6.07, 6.45) is 5.44. The zero-order valence-electron chi connectivity index (χ0n) is 18.1. The zero-order chi connectivity index (χ0) is 22.7. The van der Waals surface area contributed by atoms with Crippen LogP contribution in [0, 0.1) is 0 Å². The number of carbonyl (C=O) groups excluding carboxylic acids is 2. The van der Waals surface area contributed by atoms with E-state index in [1.54, 1.807) is 37.5 Å². The number of pyridine rings is 1. The van der Waals surface area contributed by atoms with Gasteiger partial charge in [0, 0.05) is 52.3 Å². The Morgan fingerprint density at radius 3 is 2.62 bits per heavy atom. The number of amides is 1. The van der Waals surface area contributed by atoms with Crippen molar-refractivity contribution in [3.8, 4) is 22.8 Å². The number of ether oxygens (including phenoxy) is 1. The van der Waals surface area contributed by atoms with E-state index in [1.807, 2.05) is 42.3 Å². The fourth-order valence-electron chi connectivity index (χ4n) is 3.15. The Labute approximate surface area is 190 Å². The minimum atomic E-state index is 0.0214. The number of rotatable bonds is 7. The zero-order valence-corrected chi connectivity index (χ0v) is 18.9. The van der Waals surface area contributed by atoms with Gasteiger partial charge < -0.3 is 14.5 Å². The van der Waals surface area contributed by atoms with Crippen LogP contribution in [0.5, 0.6) is 11.6 Å². The molecule has 0 N–H and O–H groups in total. The first-order valence-corrected chi connectivity index (χ1v) is 10.9. The van der Waals surface area contributed by atoms with Crippen molar-refractivity contribution < 1.29 is 14.3 Å². The van der Waals surface area contributed by atoms with Gasteiger partial charge >= 0.3 is 0 Å². The number of thioether (sulfide) groups is 1. The van der Waals surface area contributed by atoms with Gasteiger partial charge in [-0.2, -0.15) is 4.98 Å². The van der Waals surface area contributed by atoms with Crippen molar-refractivity contribution >= 4 is 28.6 Å². The smallest absolute Gasteiger partial charge is 0.239 e. The number of anilines is 1. The van der Waals surface area contributed by atoms with Gasteiger partial charge in [-0.3, -0.25) is 14.6 Å². The van der Waals surface area contributed by atoms with E-state index < -0.39 is 0 Å². The molecule has 9 heteroatoms. The predicted molar refractivity (Wildman–Crippen MR) is 123 cm³/mol. The quantitative estimate of drug-likeness (QED) is 0.542. The summed E-state index contributed by atoms with van der Waals surface area (Å²) in [6, 6.07) is 9.64. The van der Waals surface area contributed by atoms with Crippen LogP contribution in [0.3, 0.4) is 0 Å². The van der Waals surface area contributed by atoms with Crippen molar-refractivity contribution in [2.24, 2.45) is 0 Å². The van der Waals surface area contributed by atoms with Crippen LogP contribution < -0.4 is 9.64 Å². The third-order valence-corrected chi connectivity index (χ3v) is 6.11. The van der Waals surface area contributed by atoms with Crippen molar-refractivity contribution in [3.63, 3.8) is 0 Å². The number of hydrogen-bond acceptors (Lipinski definition) is 8. The summed E-state index contributed by atoms with van der Waals surface area (Å²) in [6.45, 7) is 2.76. The molecule has 164 valence electrons. The van der Waals surface area contributed by atoms with Crippen LogP contribution >= 0.6 is 11.8 Å². The Hall–Kier alpha value is -3.46. The lowest BCUT2D eigenvalue weighted by molar-refractivity contribution is -0.127. The van der Waals surface area contributed by atoms with Gasteiger partial charge in [0.15, 0.2) is 10.9 Å². The Balaban J connectivity index is 1.42. The van der Waals surface area contributed by atoms with E-state index >= 15 is 0 Å². The molecule has 0 spiro atoms. The lowest BCUT2D eigenvalue weighted by atomic mass is 10.1. The number of carbonyl (C=O) groups is 2. The van der Waals surface area contributed by atoms with Crippen LogP contribution in [0.4, 0.5) is 5.82 Å². The molecule has 0 aliphatic carbocycles. The summed E-state index contributed by atoms with van der Waals surface area (Å²) in [4.78, 5) is 39.7. The molecule has 8 nitrogen and oxygen atoms in total. The second kappa shape index (κ2) is 9.35. The average molecular weight is 450 g/mol. The number of nitrogens with zero attached hydrogens (tertiary/aromatic N) is 5. The third kappa shape index (κ3) is 5.05. The Morgan fingerprint density at radius 2 is 1.88 bits per heavy atom. The number of aromatic nitrogens is 3. The monoisotopic (exact) mass is 449 g/mol. The van der Waals surface area contributed by atoms with E-state index in [0.29, 0.717) is 37.0 Å². The van der Waals surface area contributed by atoms with Crippen LogP contribution in [0.2, 0.25) is 0 Å².